The van der Waals surface area contributed by atoms with Gasteiger partial charge in [-0.25, -0.2) is 9.59 Å². The van der Waals surface area contributed by atoms with E-state index in [1.165, 1.54) is 55.5 Å². The van der Waals surface area contributed by atoms with E-state index in [9.17, 15) is 114 Å². The number of aryl methyl sites for hydroxylation is 2. The summed E-state index contributed by atoms with van der Waals surface area (Å²) in [5.74, 6) is -12.9. The molecule has 0 spiro atoms. The Balaban J connectivity index is 0.000000234. The van der Waals surface area contributed by atoms with Crippen LogP contribution in [0.2, 0.25) is 0 Å². The highest BCUT2D eigenvalue weighted by molar-refractivity contribution is 7.87. The largest absolute Gasteiger partial charge is 0.504 e. The molecule has 0 saturated carbocycles. The van der Waals surface area contributed by atoms with E-state index in [0.717, 1.165) is 61.0 Å². The number of phenolic OH excluding ortho intramolecular Hbond substituents is 10. The maximum absolute atomic E-state index is 13.1. The van der Waals surface area contributed by atoms with Crippen molar-refractivity contribution in [3.63, 3.8) is 0 Å². The number of carboxylic acid groups (broad SMARTS) is 1. The normalized spacial score (nSPS) is 11.3. The monoisotopic (exact) mass is 1320 g/mol. The van der Waals surface area contributed by atoms with Crippen molar-refractivity contribution in [2.75, 3.05) is 17.2 Å². The lowest BCUT2D eigenvalue weighted by Gasteiger charge is -2.16. The van der Waals surface area contributed by atoms with Crippen LogP contribution in [0.25, 0.3) is 10.8 Å². The van der Waals surface area contributed by atoms with Crippen molar-refractivity contribution in [2.24, 2.45) is 0 Å². The highest BCUT2D eigenvalue weighted by atomic mass is 32.2. The molecular formula is C59H52N2O27S3. The van der Waals surface area contributed by atoms with Crippen molar-refractivity contribution in [2.45, 2.75) is 55.3 Å². The summed E-state index contributed by atoms with van der Waals surface area (Å²) in [6.45, 7) is 4.64. The van der Waals surface area contributed by atoms with E-state index >= 15 is 0 Å². The van der Waals surface area contributed by atoms with E-state index < -0.39 is 152 Å². The lowest BCUT2D eigenvalue weighted by Crippen LogP contribution is -2.21. The summed E-state index contributed by atoms with van der Waals surface area (Å²) in [7, 11) is -13.9. The highest BCUT2D eigenvalue weighted by Gasteiger charge is 2.27. The quantitative estimate of drug-likeness (QED) is 0.0102. The van der Waals surface area contributed by atoms with Crippen LogP contribution in [0.3, 0.4) is 0 Å². The number of phenols is 10. The Morgan fingerprint density at radius 3 is 1.63 bits per heavy atom. The molecule has 0 aliphatic rings. The highest BCUT2D eigenvalue weighted by Crippen LogP contribution is 2.43. The zero-order valence-corrected chi connectivity index (χ0v) is 49.8. The van der Waals surface area contributed by atoms with E-state index in [-0.39, 0.29) is 66.9 Å². The number of fused-ring (bicyclic) bond motifs is 1. The molecule has 0 aliphatic heterocycles. The minimum atomic E-state index is -5.00. The van der Waals surface area contributed by atoms with Crippen LogP contribution in [0.4, 0.5) is 11.4 Å². The van der Waals surface area contributed by atoms with Crippen molar-refractivity contribution >= 4 is 87.7 Å². The van der Waals surface area contributed by atoms with Crippen molar-refractivity contribution in [1.82, 2.24) is 0 Å². The van der Waals surface area contributed by atoms with E-state index in [1.54, 1.807) is 19.1 Å². The molecule has 8 rings (SSSR count). The molecule has 0 radical (unpaired) electrons. The number of hydrogen-bond acceptors (Lipinski definition) is 25. The first-order valence-corrected chi connectivity index (χ1v) is 29.8. The number of nitrogens with one attached hydrogen (secondary N) is 2. The molecule has 0 fully saturated rings. The fourth-order valence-corrected chi connectivity index (χ4v) is 10.4. The summed E-state index contributed by atoms with van der Waals surface area (Å²) in [4.78, 5) is 69.5. The Bertz CT molecular complexity index is 4620. The van der Waals surface area contributed by atoms with Crippen LogP contribution < -0.4 is 15.4 Å². The molecule has 1 amide bonds. The summed E-state index contributed by atoms with van der Waals surface area (Å²) in [5.41, 5.74) is 0.918. The Hall–Kier alpha value is -11.0. The zero-order valence-electron chi connectivity index (χ0n) is 47.3. The van der Waals surface area contributed by atoms with Gasteiger partial charge in [0.05, 0.1) is 20.9 Å². The zero-order chi connectivity index (χ0) is 67.9. The van der Waals surface area contributed by atoms with E-state index in [4.69, 9.17) is 14.0 Å². The topological polar surface area (TPSA) is 510 Å². The van der Waals surface area contributed by atoms with Crippen molar-refractivity contribution < 1.29 is 128 Å². The van der Waals surface area contributed by atoms with E-state index in [1.807, 2.05) is 6.92 Å². The predicted octanol–water partition coefficient (Wildman–Crippen LogP) is 7.08. The minimum absolute atomic E-state index is 0.0152. The van der Waals surface area contributed by atoms with Crippen LogP contribution in [-0.2, 0) is 52.3 Å². The molecule has 0 aliphatic carbocycles. The second-order valence-corrected chi connectivity index (χ2v) is 23.9. The number of carbonyl (C=O) groups excluding carboxylic acids is 5. The van der Waals surface area contributed by atoms with Crippen molar-refractivity contribution in [3.05, 3.63) is 165 Å². The number of ketones is 3. The first kappa shape index (κ1) is 69.1. The molecule has 0 atom stereocenters. The van der Waals surface area contributed by atoms with Crippen LogP contribution in [0, 0.1) is 13.8 Å². The summed E-state index contributed by atoms with van der Waals surface area (Å²) >= 11 is 0. The molecule has 0 bridgehead atoms. The van der Waals surface area contributed by atoms with Gasteiger partial charge in [-0.05, 0) is 136 Å². The molecule has 8 aromatic carbocycles. The fraction of sp³-hybridized carbons (Fsp3) is 0.119. The summed E-state index contributed by atoms with van der Waals surface area (Å²) < 4.78 is 100.0. The van der Waals surface area contributed by atoms with Gasteiger partial charge in [0, 0.05) is 57.5 Å². The molecule has 91 heavy (non-hydrogen) atoms. The summed E-state index contributed by atoms with van der Waals surface area (Å²) in [6, 6.07) is 22.4. The van der Waals surface area contributed by atoms with Gasteiger partial charge in [-0.2, -0.15) is 25.3 Å². The fourth-order valence-electron chi connectivity index (χ4n) is 8.17. The average Bonchev–Trinajstić information content (AvgIpc) is 0.797. The third-order valence-corrected chi connectivity index (χ3v) is 15.9. The van der Waals surface area contributed by atoms with Gasteiger partial charge in [0.15, 0.2) is 69.1 Å². The van der Waals surface area contributed by atoms with Gasteiger partial charge in [-0.15, -0.1) is 0 Å². The summed E-state index contributed by atoms with van der Waals surface area (Å²) in [5, 5.41) is 112. The second kappa shape index (κ2) is 27.6. The number of aromatic hydroxyl groups is 10. The average molecular weight is 1320 g/mol. The van der Waals surface area contributed by atoms with Crippen LogP contribution in [0.1, 0.15) is 87.9 Å². The van der Waals surface area contributed by atoms with E-state index in [2.05, 4.69) is 10.6 Å². The third-order valence-electron chi connectivity index (χ3n) is 12.9. The van der Waals surface area contributed by atoms with Crippen LogP contribution in [0.5, 0.6) is 63.2 Å². The number of ether oxygens (including phenoxy) is 1. The SMILES string of the molecule is CC(=O)c1cc(O)c(O)c(CC(=O)c2cc(O)c(O)c(O)c2)c1.CC(=O)c1cc(O)c(O)c(OC(=O)c2cc(O)c(O)c(O)c2CNc2ccc3cc(S(=O)(=O)O)cc(S(=O)(=O)O)c3c2)c1.Cc1ccc(S(=O)(=O)OCC(=O)Nc2ccc(C(=O)O)c(C)c2)cc1. The van der Waals surface area contributed by atoms with Gasteiger partial charge in [-0.1, -0.05) is 23.8 Å². The number of benzene rings is 8. The van der Waals surface area contributed by atoms with Gasteiger partial charge >= 0.3 is 11.9 Å². The maximum Gasteiger partial charge on any atom is 0.344 e. The van der Waals surface area contributed by atoms with E-state index in [0.29, 0.717) is 17.3 Å². The Morgan fingerprint density at radius 2 is 1.07 bits per heavy atom. The number of aromatic carboxylic acids is 1. The standard InChI is InChI=1S/C26H21NO14S2.C17H17NO6S.C16H14O7/c1-11(28)13-5-19(29)24(32)21(6-13)41-26(34)17-9-20(30)25(33)23(31)18(17)10-27-14-3-2-12-4-15(42(35,36)37)8-22(16(12)7-14)43(38,39)40;1-11-3-6-14(7-4-11)25(22,23)24-10-16(19)18-13-5-8-15(17(20)21)12(2)9-13;1-7(17)8-2-10(15(22)12(19)3-8)6-11(18)9-4-13(20)16(23)14(21)5-9/h2-9,27,29-33H,10H2,1H3,(H,35,36,37)(H,38,39,40);3-9H,10H2,1-2H3,(H,18,19)(H,20,21);2-5,19-23H,6H2,1H3. The number of carbonyl (C=O) groups is 6. The smallest absolute Gasteiger partial charge is 0.344 e. The van der Waals surface area contributed by atoms with Gasteiger partial charge in [-0.3, -0.25) is 32.5 Å². The molecule has 0 saturated heterocycles. The molecule has 32 heteroatoms. The summed E-state index contributed by atoms with van der Waals surface area (Å²) in [6.07, 6.45) is -0.385. The number of carboxylic acids is 1. The molecule has 29 nitrogen and oxygen atoms in total. The number of Topliss-reactive ketones (excluding diaryl/α,β-unsaturated/α-hetero) is 3. The molecular weight excluding hydrogens is 1260 g/mol. The van der Waals surface area contributed by atoms with Crippen LogP contribution in [0.15, 0.2) is 130 Å². The molecule has 0 aromatic heterocycles. The predicted molar refractivity (Wildman–Crippen MR) is 317 cm³/mol. The van der Waals surface area contributed by atoms with Crippen LogP contribution >= 0.6 is 0 Å². The number of anilines is 2. The molecule has 8 aromatic rings. The molecule has 15 N–H and O–H groups in total. The van der Waals surface area contributed by atoms with Gasteiger partial charge in [0.1, 0.15) is 11.5 Å². The Morgan fingerprint density at radius 1 is 0.516 bits per heavy atom. The maximum atomic E-state index is 13.1. The Labute approximate surface area is 514 Å². The third kappa shape index (κ3) is 17.0. The molecule has 478 valence electrons. The Kier molecular flexibility index (Phi) is 20.9. The lowest BCUT2D eigenvalue weighted by molar-refractivity contribution is -0.118. The first-order chi connectivity index (χ1) is 42.3. The van der Waals surface area contributed by atoms with Gasteiger partial charge < -0.3 is 71.5 Å². The van der Waals surface area contributed by atoms with Crippen LogP contribution in [-0.4, -0.2) is 132 Å². The van der Waals surface area contributed by atoms with Gasteiger partial charge in [0.25, 0.3) is 36.3 Å². The van der Waals surface area contributed by atoms with Crippen molar-refractivity contribution in [3.8, 4) is 63.2 Å². The first-order valence-electron chi connectivity index (χ1n) is 25.5. The second-order valence-electron chi connectivity index (χ2n) is 19.5. The number of esters is 1. The minimum Gasteiger partial charge on any atom is -0.504 e. The molecule has 0 heterocycles. The number of rotatable bonds is 18. The molecule has 0 unspecified atom stereocenters. The van der Waals surface area contributed by atoms with Crippen molar-refractivity contribution in [1.29, 1.82) is 0 Å². The number of amides is 1. The number of hydrogen-bond donors (Lipinski definition) is 15. The lowest BCUT2D eigenvalue weighted by atomic mass is 9.98. The van der Waals surface area contributed by atoms with Gasteiger partial charge in [0.2, 0.25) is 11.5 Å².